The zero-order valence-electron chi connectivity index (χ0n) is 12.4. The molecule has 2 aromatic rings. The van der Waals surface area contributed by atoms with Gasteiger partial charge in [0.25, 0.3) is 0 Å². The van der Waals surface area contributed by atoms with Crippen molar-refractivity contribution in [3.05, 3.63) is 65.2 Å². The van der Waals surface area contributed by atoms with Crippen molar-refractivity contribution >= 4 is 5.91 Å². The summed E-state index contributed by atoms with van der Waals surface area (Å²) >= 11 is 0. The Morgan fingerprint density at radius 2 is 2.05 bits per heavy atom. The first kappa shape index (κ1) is 14.6. The fraction of sp³-hybridized carbons (Fsp3) is 0.278. The Bertz CT molecular complexity index is 655. The second kappa shape index (κ2) is 6.62. The minimum atomic E-state index is -0.401. The van der Waals surface area contributed by atoms with Gasteiger partial charge in [-0.25, -0.2) is 0 Å². The number of carbonyl (C=O) groups is 1. The molecule has 1 heterocycles. The van der Waals surface area contributed by atoms with Gasteiger partial charge in [0.15, 0.2) is 0 Å². The average Bonchev–Trinajstić information content (AvgIpc) is 2.55. The number of amides is 1. The Hall–Kier alpha value is -2.33. The summed E-state index contributed by atoms with van der Waals surface area (Å²) < 4.78 is 5.76. The molecule has 1 aliphatic rings. The maximum atomic E-state index is 11.3. The molecule has 0 aromatic heterocycles. The molecule has 1 amide bonds. The van der Waals surface area contributed by atoms with E-state index in [0.29, 0.717) is 12.2 Å². The molecule has 3 N–H and O–H groups in total. The number of primary amides is 1. The topological polar surface area (TPSA) is 64.4 Å². The van der Waals surface area contributed by atoms with Crippen molar-refractivity contribution in [2.75, 3.05) is 13.2 Å². The van der Waals surface area contributed by atoms with E-state index in [1.54, 1.807) is 6.07 Å². The van der Waals surface area contributed by atoms with Gasteiger partial charge in [-0.3, -0.25) is 4.79 Å². The Morgan fingerprint density at radius 1 is 1.23 bits per heavy atom. The standard InChI is InChI=1S/C18H20N2O2/c19-18(21)14-6-7-17-15(10-14)11-16(12-22-17)20-9-8-13-4-2-1-3-5-13/h1-7,10,16,20H,8-9,11-12H2,(H2,19,21)/t16-/m0/s1. The highest BCUT2D eigenvalue weighted by molar-refractivity contribution is 5.93. The van der Waals surface area contributed by atoms with Crippen LogP contribution in [0.25, 0.3) is 0 Å². The van der Waals surface area contributed by atoms with Gasteiger partial charge in [-0.1, -0.05) is 30.3 Å². The van der Waals surface area contributed by atoms with Crippen molar-refractivity contribution in [3.8, 4) is 5.75 Å². The van der Waals surface area contributed by atoms with Gasteiger partial charge in [-0.2, -0.15) is 0 Å². The summed E-state index contributed by atoms with van der Waals surface area (Å²) in [5.74, 6) is 0.452. The summed E-state index contributed by atoms with van der Waals surface area (Å²) in [5, 5.41) is 3.52. The van der Waals surface area contributed by atoms with Gasteiger partial charge in [-0.15, -0.1) is 0 Å². The molecule has 0 spiro atoms. The molecule has 0 bridgehead atoms. The van der Waals surface area contributed by atoms with Gasteiger partial charge < -0.3 is 15.8 Å². The molecule has 4 heteroatoms. The molecule has 0 fully saturated rings. The van der Waals surface area contributed by atoms with Crippen LogP contribution in [0.3, 0.4) is 0 Å². The van der Waals surface area contributed by atoms with Gasteiger partial charge in [0.05, 0.1) is 0 Å². The summed E-state index contributed by atoms with van der Waals surface area (Å²) in [7, 11) is 0. The number of nitrogens with one attached hydrogen (secondary N) is 1. The van der Waals surface area contributed by atoms with Crippen LogP contribution in [0.2, 0.25) is 0 Å². The molecule has 114 valence electrons. The van der Waals surface area contributed by atoms with E-state index in [4.69, 9.17) is 10.5 Å². The molecule has 0 saturated carbocycles. The lowest BCUT2D eigenvalue weighted by atomic mass is 10.00. The largest absolute Gasteiger partial charge is 0.492 e. The minimum Gasteiger partial charge on any atom is -0.492 e. The normalized spacial score (nSPS) is 16.6. The Labute approximate surface area is 130 Å². The molecule has 0 aliphatic carbocycles. The van der Waals surface area contributed by atoms with Crippen molar-refractivity contribution in [1.82, 2.24) is 5.32 Å². The molecule has 0 unspecified atom stereocenters. The van der Waals surface area contributed by atoms with Crippen LogP contribution in [0, 0.1) is 0 Å². The van der Waals surface area contributed by atoms with Crippen LogP contribution < -0.4 is 15.8 Å². The predicted molar refractivity (Wildman–Crippen MR) is 86.1 cm³/mol. The number of fused-ring (bicyclic) bond motifs is 1. The molecular formula is C18H20N2O2. The monoisotopic (exact) mass is 296 g/mol. The first-order valence-electron chi connectivity index (χ1n) is 7.55. The lowest BCUT2D eigenvalue weighted by molar-refractivity contribution is 0.1000. The van der Waals surface area contributed by atoms with E-state index in [9.17, 15) is 4.79 Å². The highest BCUT2D eigenvalue weighted by Crippen LogP contribution is 2.25. The van der Waals surface area contributed by atoms with Gasteiger partial charge in [0.1, 0.15) is 12.4 Å². The molecule has 2 aromatic carbocycles. The quantitative estimate of drug-likeness (QED) is 0.886. The number of hydrogen-bond donors (Lipinski definition) is 2. The molecule has 0 radical (unpaired) electrons. The van der Waals surface area contributed by atoms with Crippen molar-refractivity contribution in [1.29, 1.82) is 0 Å². The molecule has 1 aliphatic heterocycles. The van der Waals surface area contributed by atoms with Crippen LogP contribution in [0.15, 0.2) is 48.5 Å². The molecule has 22 heavy (non-hydrogen) atoms. The maximum Gasteiger partial charge on any atom is 0.248 e. The van der Waals surface area contributed by atoms with Crippen molar-refractivity contribution < 1.29 is 9.53 Å². The highest BCUT2D eigenvalue weighted by atomic mass is 16.5. The molecule has 0 saturated heterocycles. The third-order valence-electron chi connectivity index (χ3n) is 3.94. The SMILES string of the molecule is NC(=O)c1ccc2c(c1)C[C@H](NCCc1ccccc1)CO2. The van der Waals surface area contributed by atoms with Crippen LogP contribution in [0.1, 0.15) is 21.5 Å². The Kier molecular flexibility index (Phi) is 4.39. The predicted octanol–water partition coefficient (Wildman–Crippen LogP) is 1.92. The zero-order valence-corrected chi connectivity index (χ0v) is 12.4. The fourth-order valence-electron chi connectivity index (χ4n) is 2.74. The summed E-state index contributed by atoms with van der Waals surface area (Å²) in [4.78, 5) is 11.3. The van der Waals surface area contributed by atoms with Crippen LogP contribution in [0.4, 0.5) is 0 Å². The van der Waals surface area contributed by atoms with Gasteiger partial charge in [0.2, 0.25) is 5.91 Å². The third kappa shape index (κ3) is 3.46. The van der Waals surface area contributed by atoms with E-state index in [1.807, 2.05) is 18.2 Å². The van der Waals surface area contributed by atoms with Gasteiger partial charge in [0, 0.05) is 11.6 Å². The van der Waals surface area contributed by atoms with Gasteiger partial charge >= 0.3 is 0 Å². The Balaban J connectivity index is 1.57. The lowest BCUT2D eigenvalue weighted by Gasteiger charge is -2.26. The van der Waals surface area contributed by atoms with E-state index >= 15 is 0 Å². The molecular weight excluding hydrogens is 276 g/mol. The highest BCUT2D eigenvalue weighted by Gasteiger charge is 2.20. The zero-order chi connectivity index (χ0) is 15.4. The average molecular weight is 296 g/mol. The van der Waals surface area contributed by atoms with Crippen LogP contribution >= 0.6 is 0 Å². The molecule has 3 rings (SSSR count). The van der Waals surface area contributed by atoms with E-state index < -0.39 is 5.91 Å². The van der Waals surface area contributed by atoms with E-state index in [-0.39, 0.29) is 6.04 Å². The Morgan fingerprint density at radius 3 is 2.82 bits per heavy atom. The summed E-state index contributed by atoms with van der Waals surface area (Å²) in [6.07, 6.45) is 1.84. The van der Waals surface area contributed by atoms with Crippen molar-refractivity contribution in [2.45, 2.75) is 18.9 Å². The molecule has 4 nitrogen and oxygen atoms in total. The van der Waals surface area contributed by atoms with E-state index in [2.05, 4.69) is 29.6 Å². The lowest BCUT2D eigenvalue weighted by Crippen LogP contribution is -2.40. The number of rotatable bonds is 5. The number of benzene rings is 2. The molecule has 1 atom stereocenters. The van der Waals surface area contributed by atoms with Crippen LogP contribution in [0.5, 0.6) is 5.75 Å². The minimum absolute atomic E-state index is 0.263. The van der Waals surface area contributed by atoms with Crippen LogP contribution in [-0.2, 0) is 12.8 Å². The number of nitrogens with two attached hydrogens (primary N) is 1. The smallest absolute Gasteiger partial charge is 0.248 e. The van der Waals surface area contributed by atoms with Crippen LogP contribution in [-0.4, -0.2) is 25.1 Å². The fourth-order valence-corrected chi connectivity index (χ4v) is 2.74. The third-order valence-corrected chi connectivity index (χ3v) is 3.94. The summed E-state index contributed by atoms with van der Waals surface area (Å²) in [6.45, 7) is 1.56. The van der Waals surface area contributed by atoms with E-state index in [1.165, 1.54) is 5.56 Å². The van der Waals surface area contributed by atoms with Crippen molar-refractivity contribution in [2.24, 2.45) is 5.73 Å². The van der Waals surface area contributed by atoms with E-state index in [0.717, 1.165) is 30.7 Å². The summed E-state index contributed by atoms with van der Waals surface area (Å²) in [6, 6.07) is 16.0. The van der Waals surface area contributed by atoms with Crippen molar-refractivity contribution in [3.63, 3.8) is 0 Å². The number of carbonyl (C=O) groups excluding carboxylic acids is 1. The summed E-state index contributed by atoms with van der Waals surface area (Å²) in [5.41, 5.74) is 8.23. The number of hydrogen-bond acceptors (Lipinski definition) is 3. The maximum absolute atomic E-state index is 11.3. The van der Waals surface area contributed by atoms with Gasteiger partial charge in [-0.05, 0) is 48.7 Å². The second-order valence-electron chi connectivity index (χ2n) is 5.59. The first-order chi connectivity index (χ1) is 10.7. The first-order valence-corrected chi connectivity index (χ1v) is 7.55. The second-order valence-corrected chi connectivity index (χ2v) is 5.59. The number of ether oxygens (including phenoxy) is 1.